The van der Waals surface area contributed by atoms with Crippen molar-refractivity contribution in [2.75, 3.05) is 0 Å². The fraction of sp³-hybridized carbons (Fsp3) is 0.600. The van der Waals surface area contributed by atoms with Crippen LogP contribution in [0.15, 0.2) is 12.3 Å². The molecule has 0 amide bonds. The van der Waals surface area contributed by atoms with E-state index < -0.39 is 0 Å². The van der Waals surface area contributed by atoms with Crippen molar-refractivity contribution >= 4 is 5.52 Å². The molecule has 98 valence electrons. The number of imidazole rings is 1. The summed E-state index contributed by atoms with van der Waals surface area (Å²) in [7, 11) is 0. The lowest BCUT2D eigenvalue weighted by molar-refractivity contribution is 0.716. The number of hydrogen-bond acceptors (Lipinski definition) is 2. The zero-order valence-corrected chi connectivity index (χ0v) is 12.2. The minimum atomic E-state index is 0.389. The fourth-order valence-electron chi connectivity index (χ4n) is 2.34. The van der Waals surface area contributed by atoms with Crippen LogP contribution in [0.4, 0.5) is 0 Å². The highest BCUT2D eigenvalue weighted by atomic mass is 15.3. The van der Waals surface area contributed by atoms with E-state index >= 15 is 0 Å². The van der Waals surface area contributed by atoms with Crippen LogP contribution in [0.5, 0.6) is 0 Å². The molecule has 0 spiro atoms. The monoisotopic (exact) mass is 245 g/mol. The van der Waals surface area contributed by atoms with E-state index in [0.29, 0.717) is 17.8 Å². The second kappa shape index (κ2) is 4.71. The maximum Gasteiger partial charge on any atom is 0.133 e. The molecule has 2 aromatic rings. The van der Waals surface area contributed by atoms with Gasteiger partial charge in [-0.2, -0.15) is 5.10 Å². The van der Waals surface area contributed by atoms with E-state index in [0.717, 1.165) is 5.82 Å². The molecular formula is C15H23N3. The van der Waals surface area contributed by atoms with Crippen LogP contribution in [0.1, 0.15) is 76.4 Å². The van der Waals surface area contributed by atoms with Gasteiger partial charge in [0.05, 0.1) is 11.2 Å². The number of fused-ring (bicyclic) bond motifs is 1. The lowest BCUT2D eigenvalue weighted by atomic mass is 10.00. The van der Waals surface area contributed by atoms with Gasteiger partial charge in [-0.1, -0.05) is 41.5 Å². The van der Waals surface area contributed by atoms with E-state index in [1.165, 1.54) is 16.8 Å². The second-order valence-electron chi connectivity index (χ2n) is 5.87. The van der Waals surface area contributed by atoms with Gasteiger partial charge in [0, 0.05) is 12.1 Å². The summed E-state index contributed by atoms with van der Waals surface area (Å²) < 4.78 is 2.04. The molecular weight excluding hydrogens is 222 g/mol. The van der Waals surface area contributed by atoms with Gasteiger partial charge >= 0.3 is 0 Å². The van der Waals surface area contributed by atoms with Crippen molar-refractivity contribution in [1.82, 2.24) is 14.6 Å². The Bertz CT molecular complexity index is 550. The van der Waals surface area contributed by atoms with Gasteiger partial charge in [0.2, 0.25) is 0 Å². The Morgan fingerprint density at radius 2 is 1.61 bits per heavy atom. The molecule has 0 radical (unpaired) electrons. The molecule has 0 aromatic carbocycles. The topological polar surface area (TPSA) is 30.2 Å². The van der Waals surface area contributed by atoms with Crippen molar-refractivity contribution in [3.8, 4) is 0 Å². The minimum Gasteiger partial charge on any atom is -0.235 e. The van der Waals surface area contributed by atoms with Gasteiger partial charge in [-0.3, -0.25) is 0 Å². The zero-order chi connectivity index (χ0) is 13.4. The Hall–Kier alpha value is -1.38. The summed E-state index contributed by atoms with van der Waals surface area (Å²) >= 11 is 0. The molecule has 0 bridgehead atoms. The summed E-state index contributed by atoms with van der Waals surface area (Å²) in [5.74, 6) is 2.37. The quantitative estimate of drug-likeness (QED) is 0.815. The van der Waals surface area contributed by atoms with Crippen LogP contribution in [-0.4, -0.2) is 14.6 Å². The van der Waals surface area contributed by atoms with Crippen molar-refractivity contribution in [2.45, 2.75) is 59.3 Å². The molecule has 3 nitrogen and oxygen atoms in total. The first-order valence-corrected chi connectivity index (χ1v) is 6.80. The van der Waals surface area contributed by atoms with Gasteiger partial charge in [0.25, 0.3) is 0 Å². The van der Waals surface area contributed by atoms with Crippen molar-refractivity contribution in [2.24, 2.45) is 0 Å². The molecule has 0 fully saturated rings. The van der Waals surface area contributed by atoms with E-state index in [9.17, 15) is 0 Å². The molecule has 3 heteroatoms. The van der Waals surface area contributed by atoms with Crippen LogP contribution >= 0.6 is 0 Å². The molecule has 2 rings (SSSR count). The minimum absolute atomic E-state index is 0.389. The molecule has 0 aliphatic heterocycles. The SMILES string of the molecule is CC(C)c1ccnn2c(C(C)C)nc(C(C)C)c12. The molecule has 0 saturated heterocycles. The van der Waals surface area contributed by atoms with E-state index in [4.69, 9.17) is 4.98 Å². The first-order valence-electron chi connectivity index (χ1n) is 6.80. The summed E-state index contributed by atoms with van der Waals surface area (Å²) in [6, 6.07) is 2.12. The van der Waals surface area contributed by atoms with Gasteiger partial charge in [-0.25, -0.2) is 9.50 Å². The fourth-order valence-corrected chi connectivity index (χ4v) is 2.34. The second-order valence-corrected chi connectivity index (χ2v) is 5.87. The predicted octanol–water partition coefficient (Wildman–Crippen LogP) is 4.10. The van der Waals surface area contributed by atoms with E-state index in [1.807, 2.05) is 10.7 Å². The third-order valence-corrected chi connectivity index (χ3v) is 3.30. The molecule has 2 heterocycles. The number of rotatable bonds is 3. The highest BCUT2D eigenvalue weighted by Crippen LogP contribution is 2.29. The molecule has 0 unspecified atom stereocenters. The Balaban J connectivity index is 2.83. The maximum absolute atomic E-state index is 4.83. The summed E-state index contributed by atoms with van der Waals surface area (Å²) in [6.45, 7) is 13.2. The molecule has 18 heavy (non-hydrogen) atoms. The highest BCUT2D eigenvalue weighted by molar-refractivity contribution is 5.61. The van der Waals surface area contributed by atoms with Crippen LogP contribution in [0, 0.1) is 0 Å². The maximum atomic E-state index is 4.83. The summed E-state index contributed by atoms with van der Waals surface area (Å²) in [5, 5.41) is 4.50. The van der Waals surface area contributed by atoms with E-state index in [1.54, 1.807) is 0 Å². The molecule has 0 saturated carbocycles. The standard InChI is InChI=1S/C15H23N3/c1-9(2)12-7-8-16-18-14(12)13(10(3)4)17-15(18)11(5)6/h7-11H,1-6H3. The van der Waals surface area contributed by atoms with Crippen molar-refractivity contribution in [3.05, 3.63) is 29.3 Å². The lowest BCUT2D eigenvalue weighted by Crippen LogP contribution is -2.03. The lowest BCUT2D eigenvalue weighted by Gasteiger charge is -2.10. The summed E-state index contributed by atoms with van der Waals surface area (Å²) in [5.41, 5.74) is 3.73. The third-order valence-electron chi connectivity index (χ3n) is 3.30. The van der Waals surface area contributed by atoms with Crippen molar-refractivity contribution in [3.63, 3.8) is 0 Å². The molecule has 0 aliphatic carbocycles. The Labute approximate surface area is 109 Å². The molecule has 2 aromatic heterocycles. The van der Waals surface area contributed by atoms with Crippen molar-refractivity contribution < 1.29 is 0 Å². The van der Waals surface area contributed by atoms with Crippen LogP contribution in [0.2, 0.25) is 0 Å². The zero-order valence-electron chi connectivity index (χ0n) is 12.2. The number of aromatic nitrogens is 3. The molecule has 0 aliphatic rings. The average molecular weight is 245 g/mol. The average Bonchev–Trinajstić information content (AvgIpc) is 2.67. The van der Waals surface area contributed by atoms with Gasteiger partial charge in [-0.15, -0.1) is 0 Å². The van der Waals surface area contributed by atoms with Crippen LogP contribution in [-0.2, 0) is 0 Å². The smallest absolute Gasteiger partial charge is 0.133 e. The normalized spacial score (nSPS) is 12.3. The van der Waals surface area contributed by atoms with E-state index in [-0.39, 0.29) is 0 Å². The predicted molar refractivity (Wildman–Crippen MR) is 75.3 cm³/mol. The third kappa shape index (κ3) is 2.02. The van der Waals surface area contributed by atoms with E-state index in [2.05, 4.69) is 52.7 Å². The number of hydrogen-bond donors (Lipinski definition) is 0. The highest BCUT2D eigenvalue weighted by Gasteiger charge is 2.20. The van der Waals surface area contributed by atoms with Gasteiger partial charge in [0.15, 0.2) is 0 Å². The van der Waals surface area contributed by atoms with Gasteiger partial charge < -0.3 is 0 Å². The summed E-state index contributed by atoms with van der Waals surface area (Å²) in [6.07, 6.45) is 1.89. The first kappa shape index (κ1) is 13.1. The van der Waals surface area contributed by atoms with Gasteiger partial charge in [0.1, 0.15) is 5.82 Å². The molecule has 0 N–H and O–H groups in total. The number of nitrogens with zero attached hydrogens (tertiary/aromatic N) is 3. The Morgan fingerprint density at radius 3 is 2.11 bits per heavy atom. The van der Waals surface area contributed by atoms with Crippen LogP contribution < -0.4 is 0 Å². The first-order chi connectivity index (χ1) is 8.43. The molecule has 0 atom stereocenters. The van der Waals surface area contributed by atoms with Gasteiger partial charge in [-0.05, 0) is 23.5 Å². The largest absolute Gasteiger partial charge is 0.235 e. The van der Waals surface area contributed by atoms with Crippen molar-refractivity contribution in [1.29, 1.82) is 0 Å². The van der Waals surface area contributed by atoms with Crippen LogP contribution in [0.3, 0.4) is 0 Å². The summed E-state index contributed by atoms with van der Waals surface area (Å²) in [4.78, 5) is 4.83. The van der Waals surface area contributed by atoms with Crippen LogP contribution in [0.25, 0.3) is 5.52 Å². The Kier molecular flexibility index (Phi) is 3.42. The Morgan fingerprint density at radius 1 is 0.944 bits per heavy atom.